The first-order valence-electron chi connectivity index (χ1n) is 5.56. The molecule has 0 spiro atoms. The van der Waals surface area contributed by atoms with Crippen LogP contribution in [0.3, 0.4) is 0 Å². The molecule has 0 aromatic carbocycles. The fourth-order valence-electron chi connectivity index (χ4n) is 2.43. The van der Waals surface area contributed by atoms with Gasteiger partial charge in [0.2, 0.25) is 0 Å². The van der Waals surface area contributed by atoms with Crippen LogP contribution >= 0.6 is 22.6 Å². The molecular weight excluding hydrogens is 303 g/mol. The summed E-state index contributed by atoms with van der Waals surface area (Å²) in [5.74, 6) is 0. The van der Waals surface area contributed by atoms with E-state index in [1.807, 2.05) is 23.3 Å². The molecule has 1 aromatic heterocycles. The molecule has 1 aliphatic rings. The SMILES string of the molecule is Cc1c(I)c(=O)n(C2CCCCC2)n1C. The monoisotopic (exact) mass is 320 g/mol. The van der Waals surface area contributed by atoms with Crippen molar-refractivity contribution in [1.29, 1.82) is 0 Å². The van der Waals surface area contributed by atoms with Gasteiger partial charge in [0, 0.05) is 7.05 Å². The standard InChI is InChI=1S/C11H17IN2O/c1-8-10(12)11(15)14(13(8)2)9-6-4-3-5-7-9/h9H,3-7H2,1-2H3. The van der Waals surface area contributed by atoms with Gasteiger partial charge in [-0.05, 0) is 42.4 Å². The Morgan fingerprint density at radius 2 is 1.87 bits per heavy atom. The van der Waals surface area contributed by atoms with E-state index in [0.29, 0.717) is 6.04 Å². The van der Waals surface area contributed by atoms with Crippen molar-refractivity contribution >= 4 is 22.6 Å². The predicted octanol–water partition coefficient (Wildman–Crippen LogP) is 2.61. The highest BCUT2D eigenvalue weighted by molar-refractivity contribution is 14.1. The van der Waals surface area contributed by atoms with Crippen LogP contribution in [-0.2, 0) is 7.05 Å². The van der Waals surface area contributed by atoms with Crippen LogP contribution in [-0.4, -0.2) is 9.36 Å². The van der Waals surface area contributed by atoms with Crippen LogP contribution in [0.15, 0.2) is 4.79 Å². The van der Waals surface area contributed by atoms with E-state index in [9.17, 15) is 4.79 Å². The molecular formula is C11H17IN2O. The van der Waals surface area contributed by atoms with Crippen molar-refractivity contribution in [3.8, 4) is 0 Å². The molecule has 84 valence electrons. The average molecular weight is 320 g/mol. The van der Waals surface area contributed by atoms with Gasteiger partial charge in [-0.25, -0.2) is 4.68 Å². The molecule has 0 unspecified atom stereocenters. The number of hydrogen-bond donors (Lipinski definition) is 0. The molecule has 0 radical (unpaired) electrons. The fraction of sp³-hybridized carbons (Fsp3) is 0.727. The molecule has 0 saturated heterocycles. The minimum atomic E-state index is 0.197. The van der Waals surface area contributed by atoms with E-state index in [2.05, 4.69) is 22.6 Å². The first kappa shape index (κ1) is 11.2. The zero-order chi connectivity index (χ0) is 11.0. The van der Waals surface area contributed by atoms with E-state index in [1.54, 1.807) is 0 Å². The minimum absolute atomic E-state index is 0.197. The van der Waals surface area contributed by atoms with Crippen molar-refractivity contribution in [2.75, 3.05) is 0 Å². The van der Waals surface area contributed by atoms with Crippen molar-refractivity contribution < 1.29 is 0 Å². The van der Waals surface area contributed by atoms with Crippen LogP contribution in [0.2, 0.25) is 0 Å². The molecule has 1 aliphatic carbocycles. The van der Waals surface area contributed by atoms with Crippen LogP contribution in [0.4, 0.5) is 0 Å². The summed E-state index contributed by atoms with van der Waals surface area (Å²) >= 11 is 2.16. The van der Waals surface area contributed by atoms with Gasteiger partial charge in [-0.1, -0.05) is 19.3 Å². The largest absolute Gasteiger partial charge is 0.289 e. The van der Waals surface area contributed by atoms with E-state index in [4.69, 9.17) is 0 Å². The van der Waals surface area contributed by atoms with Crippen molar-refractivity contribution in [2.45, 2.75) is 45.1 Å². The van der Waals surface area contributed by atoms with Crippen molar-refractivity contribution in [3.63, 3.8) is 0 Å². The van der Waals surface area contributed by atoms with Crippen molar-refractivity contribution in [3.05, 3.63) is 19.6 Å². The highest BCUT2D eigenvalue weighted by Gasteiger charge is 2.21. The predicted molar refractivity (Wildman–Crippen MR) is 69.2 cm³/mol. The Bertz CT molecular complexity index is 413. The van der Waals surface area contributed by atoms with Crippen molar-refractivity contribution in [2.24, 2.45) is 7.05 Å². The Labute approximate surface area is 104 Å². The summed E-state index contributed by atoms with van der Waals surface area (Å²) in [6, 6.07) is 0.429. The van der Waals surface area contributed by atoms with Crippen LogP contribution in [0, 0.1) is 10.5 Å². The molecule has 1 saturated carbocycles. The van der Waals surface area contributed by atoms with Gasteiger partial charge in [0.05, 0.1) is 11.7 Å². The third kappa shape index (κ3) is 1.88. The zero-order valence-electron chi connectivity index (χ0n) is 9.29. The van der Waals surface area contributed by atoms with Gasteiger partial charge in [0.25, 0.3) is 5.56 Å². The molecule has 0 N–H and O–H groups in total. The quantitative estimate of drug-likeness (QED) is 0.731. The van der Waals surface area contributed by atoms with Crippen LogP contribution < -0.4 is 5.56 Å². The number of rotatable bonds is 1. The highest BCUT2D eigenvalue weighted by atomic mass is 127. The van der Waals surface area contributed by atoms with Crippen LogP contribution in [0.1, 0.15) is 43.8 Å². The summed E-state index contributed by atoms with van der Waals surface area (Å²) in [7, 11) is 1.99. The average Bonchev–Trinajstić information content (AvgIpc) is 2.45. The van der Waals surface area contributed by atoms with E-state index in [1.165, 1.54) is 19.3 Å². The molecule has 3 nitrogen and oxygen atoms in total. The van der Waals surface area contributed by atoms with Gasteiger partial charge in [-0.2, -0.15) is 0 Å². The molecule has 1 aromatic rings. The second kappa shape index (κ2) is 4.31. The Balaban J connectivity index is 2.43. The summed E-state index contributed by atoms with van der Waals surface area (Å²) in [5, 5.41) is 0. The lowest BCUT2D eigenvalue weighted by molar-refractivity contribution is 0.293. The zero-order valence-corrected chi connectivity index (χ0v) is 11.5. The van der Waals surface area contributed by atoms with Crippen molar-refractivity contribution in [1.82, 2.24) is 9.36 Å². The van der Waals surface area contributed by atoms with Crippen LogP contribution in [0.25, 0.3) is 0 Å². The van der Waals surface area contributed by atoms with Gasteiger partial charge < -0.3 is 0 Å². The summed E-state index contributed by atoms with van der Waals surface area (Å²) < 4.78 is 4.86. The Morgan fingerprint density at radius 1 is 1.27 bits per heavy atom. The third-order valence-corrected chi connectivity index (χ3v) is 4.68. The van der Waals surface area contributed by atoms with Gasteiger partial charge in [-0.3, -0.25) is 9.48 Å². The maximum Gasteiger partial charge on any atom is 0.280 e. The minimum Gasteiger partial charge on any atom is -0.289 e. The fourth-order valence-corrected chi connectivity index (χ4v) is 3.03. The topological polar surface area (TPSA) is 26.9 Å². The smallest absolute Gasteiger partial charge is 0.280 e. The summed E-state index contributed by atoms with van der Waals surface area (Å²) in [4.78, 5) is 12.0. The number of nitrogens with zero attached hydrogens (tertiary/aromatic N) is 2. The maximum atomic E-state index is 12.0. The first-order valence-corrected chi connectivity index (χ1v) is 6.64. The van der Waals surface area contributed by atoms with Gasteiger partial charge in [0.15, 0.2) is 0 Å². The molecule has 2 rings (SSSR count). The lowest BCUT2D eigenvalue weighted by atomic mass is 9.96. The highest BCUT2D eigenvalue weighted by Crippen LogP contribution is 2.27. The third-order valence-electron chi connectivity index (χ3n) is 3.44. The Hall–Kier alpha value is -0.260. The van der Waals surface area contributed by atoms with Gasteiger partial charge in [-0.15, -0.1) is 0 Å². The number of hydrogen-bond acceptors (Lipinski definition) is 1. The molecule has 1 heterocycles. The normalized spacial score (nSPS) is 18.3. The summed E-state index contributed by atoms with van der Waals surface area (Å²) in [5.41, 5.74) is 1.29. The van der Waals surface area contributed by atoms with Crippen LogP contribution in [0.5, 0.6) is 0 Å². The molecule has 0 amide bonds. The number of aromatic nitrogens is 2. The maximum absolute atomic E-state index is 12.0. The summed E-state index contributed by atoms with van der Waals surface area (Å²) in [6.07, 6.45) is 6.17. The second-order valence-corrected chi connectivity index (χ2v) is 5.44. The van der Waals surface area contributed by atoms with E-state index in [-0.39, 0.29) is 5.56 Å². The molecule has 4 heteroatoms. The molecule has 15 heavy (non-hydrogen) atoms. The van der Waals surface area contributed by atoms with Gasteiger partial charge in [0.1, 0.15) is 3.57 Å². The lowest BCUT2D eigenvalue weighted by Crippen LogP contribution is -2.28. The van der Waals surface area contributed by atoms with E-state index < -0.39 is 0 Å². The van der Waals surface area contributed by atoms with E-state index >= 15 is 0 Å². The van der Waals surface area contributed by atoms with E-state index in [0.717, 1.165) is 22.1 Å². The van der Waals surface area contributed by atoms with Gasteiger partial charge >= 0.3 is 0 Å². The molecule has 0 aliphatic heterocycles. The lowest BCUT2D eigenvalue weighted by Gasteiger charge is -2.24. The first-order chi connectivity index (χ1) is 7.13. The molecule has 0 bridgehead atoms. The Morgan fingerprint density at radius 3 is 2.33 bits per heavy atom. The molecule has 0 atom stereocenters. The number of halogens is 1. The second-order valence-electron chi connectivity index (χ2n) is 4.36. The molecule has 1 fully saturated rings. The summed E-state index contributed by atoms with van der Waals surface area (Å²) in [6.45, 7) is 2.02. The Kier molecular flexibility index (Phi) is 3.23.